The fraction of sp³-hybridized carbons (Fsp3) is 0.667. The largest absolute Gasteiger partial charge is 0.366 e. The molecule has 0 radical (unpaired) electrons. The van der Waals surface area contributed by atoms with Crippen LogP contribution in [0.4, 0.5) is 5.82 Å². The molecule has 0 amide bonds. The van der Waals surface area contributed by atoms with Crippen molar-refractivity contribution in [3.05, 3.63) is 12.4 Å². The van der Waals surface area contributed by atoms with Crippen LogP contribution in [0.25, 0.3) is 5.65 Å². The number of hydrogen-bond donors (Lipinski definition) is 1. The van der Waals surface area contributed by atoms with Gasteiger partial charge in [-0.3, -0.25) is 4.98 Å². The van der Waals surface area contributed by atoms with E-state index in [9.17, 15) is 0 Å². The van der Waals surface area contributed by atoms with Gasteiger partial charge in [0.05, 0.1) is 12.4 Å². The van der Waals surface area contributed by atoms with Crippen LogP contribution >= 0.6 is 0 Å². The number of nitrogens with one attached hydrogen (secondary N) is 1. The van der Waals surface area contributed by atoms with Crippen molar-refractivity contribution in [1.29, 1.82) is 0 Å². The minimum absolute atomic E-state index is 0.496. The summed E-state index contributed by atoms with van der Waals surface area (Å²) in [5.74, 6) is 0.888. The molecule has 0 aliphatic carbocycles. The normalized spacial score (nSPS) is 27.6. The van der Waals surface area contributed by atoms with Crippen LogP contribution in [0.15, 0.2) is 12.4 Å². The van der Waals surface area contributed by atoms with Gasteiger partial charge in [-0.25, -0.2) is 0 Å². The maximum absolute atomic E-state index is 4.18. The van der Waals surface area contributed by atoms with Crippen molar-refractivity contribution >= 4 is 11.5 Å². The summed E-state index contributed by atoms with van der Waals surface area (Å²) in [6.07, 6.45) is 8.54. The molecule has 7 heteroatoms. The second-order valence-electron chi connectivity index (χ2n) is 5.44. The smallest absolute Gasteiger partial charge is 0.199 e. The highest BCUT2D eigenvalue weighted by molar-refractivity contribution is 5.44. The molecule has 4 heterocycles. The van der Waals surface area contributed by atoms with Gasteiger partial charge < -0.3 is 10.2 Å². The molecule has 7 nitrogen and oxygen atoms in total. The van der Waals surface area contributed by atoms with E-state index in [0.717, 1.165) is 11.9 Å². The van der Waals surface area contributed by atoms with Gasteiger partial charge in [-0.1, -0.05) is 0 Å². The fourth-order valence-electron chi connectivity index (χ4n) is 3.34. The highest BCUT2D eigenvalue weighted by Crippen LogP contribution is 2.28. The molecule has 2 aromatic rings. The Labute approximate surface area is 111 Å². The molecule has 1 N–H and O–H groups in total. The molecular formula is C12H17N7. The average molecular weight is 259 g/mol. The fourth-order valence-corrected chi connectivity index (χ4v) is 3.34. The number of anilines is 1. The molecule has 2 aliphatic rings. The Kier molecular flexibility index (Phi) is 2.58. The van der Waals surface area contributed by atoms with Gasteiger partial charge in [0.1, 0.15) is 0 Å². The Morgan fingerprint density at radius 1 is 1.21 bits per heavy atom. The monoisotopic (exact) mass is 259 g/mol. The zero-order valence-electron chi connectivity index (χ0n) is 10.7. The van der Waals surface area contributed by atoms with Crippen molar-refractivity contribution in [2.24, 2.45) is 0 Å². The van der Waals surface area contributed by atoms with Crippen LogP contribution in [0.5, 0.6) is 0 Å². The lowest BCUT2D eigenvalue weighted by Gasteiger charge is -2.35. The van der Waals surface area contributed by atoms with Crippen molar-refractivity contribution in [3.8, 4) is 0 Å². The van der Waals surface area contributed by atoms with E-state index in [1.54, 1.807) is 16.9 Å². The molecule has 0 spiro atoms. The number of fused-ring (bicyclic) bond motifs is 2. The zero-order valence-corrected chi connectivity index (χ0v) is 10.7. The first-order valence-corrected chi connectivity index (χ1v) is 6.93. The molecule has 2 unspecified atom stereocenters. The van der Waals surface area contributed by atoms with Crippen molar-refractivity contribution < 1.29 is 0 Å². The van der Waals surface area contributed by atoms with E-state index >= 15 is 0 Å². The summed E-state index contributed by atoms with van der Waals surface area (Å²) in [5.41, 5.74) is 0.684. The summed E-state index contributed by atoms with van der Waals surface area (Å²) in [6, 6.07) is 1.25. The van der Waals surface area contributed by atoms with Crippen LogP contribution in [-0.4, -0.2) is 55.1 Å². The van der Waals surface area contributed by atoms with Crippen LogP contribution in [0, 0.1) is 0 Å². The Bertz CT molecular complexity index is 580. The standard InChI is InChI=1S/C12H17N7/c1-2-10-6-9(3-5-18(10)4-1)14-11-7-13-8-12-15-16-17-19(11)12/h7-10,14H,1-6H2. The Hall–Kier alpha value is -1.76. The maximum atomic E-state index is 4.18. The number of rotatable bonds is 2. The molecule has 0 saturated carbocycles. The van der Waals surface area contributed by atoms with Crippen LogP contribution in [-0.2, 0) is 0 Å². The lowest BCUT2D eigenvalue weighted by atomic mass is 9.98. The predicted octanol–water partition coefficient (Wildman–Crippen LogP) is 0.558. The Morgan fingerprint density at radius 2 is 2.21 bits per heavy atom. The molecule has 19 heavy (non-hydrogen) atoms. The minimum atomic E-state index is 0.496. The topological polar surface area (TPSA) is 71.2 Å². The van der Waals surface area contributed by atoms with E-state index in [1.807, 2.05) is 0 Å². The molecular weight excluding hydrogens is 242 g/mol. The third-order valence-electron chi connectivity index (χ3n) is 4.28. The van der Waals surface area contributed by atoms with Gasteiger partial charge in [0.25, 0.3) is 0 Å². The van der Waals surface area contributed by atoms with E-state index in [0.29, 0.717) is 11.7 Å². The zero-order chi connectivity index (χ0) is 12.7. The summed E-state index contributed by atoms with van der Waals surface area (Å²) in [5, 5.41) is 15.1. The van der Waals surface area contributed by atoms with E-state index in [-0.39, 0.29) is 0 Å². The maximum Gasteiger partial charge on any atom is 0.199 e. The van der Waals surface area contributed by atoms with Crippen LogP contribution in [0.3, 0.4) is 0 Å². The van der Waals surface area contributed by atoms with Crippen molar-refractivity contribution in [2.75, 3.05) is 18.4 Å². The number of tetrazole rings is 1. The average Bonchev–Trinajstić information content (AvgIpc) is 3.06. The molecule has 100 valence electrons. The minimum Gasteiger partial charge on any atom is -0.366 e. The van der Waals surface area contributed by atoms with Gasteiger partial charge in [0.15, 0.2) is 11.5 Å². The molecule has 2 aromatic heterocycles. The first-order chi connectivity index (χ1) is 9.40. The van der Waals surface area contributed by atoms with Gasteiger partial charge >= 0.3 is 0 Å². The number of piperidine rings is 1. The lowest BCUT2D eigenvalue weighted by Crippen LogP contribution is -2.43. The first kappa shape index (κ1) is 11.1. The molecule has 0 bridgehead atoms. The number of nitrogens with zero attached hydrogens (tertiary/aromatic N) is 6. The van der Waals surface area contributed by atoms with Crippen molar-refractivity contribution in [3.63, 3.8) is 0 Å². The SMILES string of the molecule is c1ncc2nnnn2c1NC1CCN2CCCC2C1. The summed E-state index contributed by atoms with van der Waals surface area (Å²) >= 11 is 0. The lowest BCUT2D eigenvalue weighted by molar-refractivity contribution is 0.188. The molecule has 2 aliphatic heterocycles. The van der Waals surface area contributed by atoms with Crippen LogP contribution < -0.4 is 5.32 Å². The van der Waals surface area contributed by atoms with E-state index in [1.165, 1.54) is 38.8 Å². The number of aromatic nitrogens is 5. The van der Waals surface area contributed by atoms with Gasteiger partial charge in [0.2, 0.25) is 0 Å². The summed E-state index contributed by atoms with van der Waals surface area (Å²) in [4.78, 5) is 6.80. The Balaban J connectivity index is 1.53. The van der Waals surface area contributed by atoms with Gasteiger partial charge in [0, 0.05) is 18.6 Å². The third-order valence-corrected chi connectivity index (χ3v) is 4.28. The molecule has 2 saturated heterocycles. The van der Waals surface area contributed by atoms with E-state index in [4.69, 9.17) is 0 Å². The third kappa shape index (κ3) is 1.94. The quantitative estimate of drug-likeness (QED) is 0.849. The molecule has 4 rings (SSSR count). The molecule has 2 atom stereocenters. The van der Waals surface area contributed by atoms with Gasteiger partial charge in [-0.2, -0.15) is 4.52 Å². The highest BCUT2D eigenvalue weighted by Gasteiger charge is 2.31. The summed E-state index contributed by atoms with van der Waals surface area (Å²) < 4.78 is 1.72. The molecule has 2 fully saturated rings. The van der Waals surface area contributed by atoms with Gasteiger partial charge in [-0.05, 0) is 42.7 Å². The second kappa shape index (κ2) is 4.41. The summed E-state index contributed by atoms with van der Waals surface area (Å²) in [6.45, 7) is 2.48. The second-order valence-corrected chi connectivity index (χ2v) is 5.44. The van der Waals surface area contributed by atoms with Crippen LogP contribution in [0.2, 0.25) is 0 Å². The predicted molar refractivity (Wildman–Crippen MR) is 69.8 cm³/mol. The molecule has 0 aromatic carbocycles. The van der Waals surface area contributed by atoms with E-state index in [2.05, 4.69) is 30.7 Å². The van der Waals surface area contributed by atoms with Crippen LogP contribution in [0.1, 0.15) is 25.7 Å². The van der Waals surface area contributed by atoms with Gasteiger partial charge in [-0.15, -0.1) is 5.10 Å². The first-order valence-electron chi connectivity index (χ1n) is 6.93. The van der Waals surface area contributed by atoms with Crippen molar-refractivity contribution in [1.82, 2.24) is 29.9 Å². The number of hydrogen-bond acceptors (Lipinski definition) is 6. The van der Waals surface area contributed by atoms with Crippen molar-refractivity contribution in [2.45, 2.75) is 37.8 Å². The highest BCUT2D eigenvalue weighted by atomic mass is 15.5. The van der Waals surface area contributed by atoms with E-state index < -0.39 is 0 Å². The Morgan fingerprint density at radius 3 is 3.21 bits per heavy atom. The summed E-state index contributed by atoms with van der Waals surface area (Å²) in [7, 11) is 0.